The third-order valence-electron chi connectivity index (χ3n) is 7.76. The van der Waals surface area contributed by atoms with Gasteiger partial charge in [0.2, 0.25) is 0 Å². The summed E-state index contributed by atoms with van der Waals surface area (Å²) in [4.78, 5) is 29.0. The molecule has 3 aromatic carbocycles. The maximum atomic E-state index is 13.1. The molecular formula is C31H35Cl3N2O3. The van der Waals surface area contributed by atoms with Crippen molar-refractivity contribution in [3.63, 3.8) is 0 Å². The Morgan fingerprint density at radius 1 is 0.949 bits per heavy atom. The average Bonchev–Trinajstić information content (AvgIpc) is 2.93. The minimum absolute atomic E-state index is 0. The van der Waals surface area contributed by atoms with Gasteiger partial charge >= 0.3 is 5.97 Å². The zero-order valence-electron chi connectivity index (χ0n) is 22.1. The van der Waals surface area contributed by atoms with Gasteiger partial charge < -0.3 is 14.9 Å². The highest BCUT2D eigenvalue weighted by Gasteiger charge is 2.38. The molecule has 0 spiro atoms. The molecule has 208 valence electrons. The van der Waals surface area contributed by atoms with Gasteiger partial charge in [-0.05, 0) is 74.3 Å². The van der Waals surface area contributed by atoms with Crippen molar-refractivity contribution < 1.29 is 14.7 Å². The summed E-state index contributed by atoms with van der Waals surface area (Å²) in [5.74, 6) is -0.703. The highest BCUT2D eigenvalue weighted by atomic mass is 35.5. The van der Waals surface area contributed by atoms with Gasteiger partial charge in [-0.25, -0.2) is 0 Å². The smallest absolute Gasteiger partial charge is 0.304 e. The quantitative estimate of drug-likeness (QED) is 0.272. The van der Waals surface area contributed by atoms with Crippen molar-refractivity contribution in [2.45, 2.75) is 37.0 Å². The van der Waals surface area contributed by atoms with E-state index in [9.17, 15) is 14.7 Å². The Labute approximate surface area is 247 Å². The first-order valence-corrected chi connectivity index (χ1v) is 13.8. The molecule has 5 nitrogen and oxygen atoms in total. The third-order valence-corrected chi connectivity index (χ3v) is 8.50. The fourth-order valence-electron chi connectivity index (χ4n) is 5.54. The Balaban J connectivity index is 0.00000420. The Morgan fingerprint density at radius 3 is 2.15 bits per heavy atom. The molecule has 1 atom stereocenters. The largest absolute Gasteiger partial charge is 0.481 e. The van der Waals surface area contributed by atoms with Crippen LogP contribution in [0.1, 0.15) is 53.1 Å². The van der Waals surface area contributed by atoms with E-state index in [0.29, 0.717) is 22.2 Å². The predicted molar refractivity (Wildman–Crippen MR) is 161 cm³/mol. The number of halogens is 3. The predicted octanol–water partition coefficient (Wildman–Crippen LogP) is 7.17. The Morgan fingerprint density at radius 2 is 1.56 bits per heavy atom. The van der Waals surface area contributed by atoms with Gasteiger partial charge in [0.05, 0.1) is 16.5 Å². The molecule has 39 heavy (non-hydrogen) atoms. The second-order valence-electron chi connectivity index (χ2n) is 10.3. The second kappa shape index (κ2) is 14.2. The van der Waals surface area contributed by atoms with Crippen molar-refractivity contribution in [2.24, 2.45) is 0 Å². The summed E-state index contributed by atoms with van der Waals surface area (Å²) in [6, 6.07) is 25.0. The van der Waals surface area contributed by atoms with Crippen LogP contribution in [-0.4, -0.2) is 60.0 Å². The van der Waals surface area contributed by atoms with E-state index in [2.05, 4.69) is 17.0 Å². The molecule has 1 N–H and O–H groups in total. The van der Waals surface area contributed by atoms with E-state index in [4.69, 9.17) is 23.2 Å². The lowest BCUT2D eigenvalue weighted by molar-refractivity contribution is -0.139. The number of hydrogen-bond acceptors (Lipinski definition) is 3. The molecular weight excluding hydrogens is 555 g/mol. The molecule has 0 aromatic heterocycles. The molecule has 3 aromatic rings. The standard InChI is InChI=1S/C31H34Cl2N2O3.ClH/c1-34(30(38)23-8-4-2-5-9-23)22-25(24-12-13-27(32)28(33)20-24)14-17-35-18-15-31(16-19-35,21-29(36)37)26-10-6-3-7-11-26;/h2-13,20,25H,14-19,21-22H2,1H3,(H,36,37);1H. The molecule has 0 saturated carbocycles. The zero-order chi connectivity index (χ0) is 27.1. The molecule has 1 fully saturated rings. The van der Waals surface area contributed by atoms with Crippen molar-refractivity contribution in [3.8, 4) is 0 Å². The van der Waals surface area contributed by atoms with Crippen LogP contribution >= 0.6 is 35.6 Å². The van der Waals surface area contributed by atoms with Gasteiger partial charge in [-0.2, -0.15) is 0 Å². The number of likely N-dealkylation sites (N-methyl/N-ethyl adjacent to an activating group) is 1. The third kappa shape index (κ3) is 7.98. The summed E-state index contributed by atoms with van der Waals surface area (Å²) < 4.78 is 0. The number of carbonyl (C=O) groups is 2. The molecule has 1 aliphatic heterocycles. The maximum Gasteiger partial charge on any atom is 0.304 e. The van der Waals surface area contributed by atoms with Crippen LogP contribution < -0.4 is 0 Å². The van der Waals surface area contributed by atoms with Crippen molar-refractivity contribution in [1.82, 2.24) is 9.80 Å². The van der Waals surface area contributed by atoms with Gasteiger partial charge in [0.1, 0.15) is 0 Å². The number of nitrogens with zero attached hydrogens (tertiary/aromatic N) is 2. The number of hydrogen-bond donors (Lipinski definition) is 1. The molecule has 0 aliphatic carbocycles. The summed E-state index contributed by atoms with van der Waals surface area (Å²) in [6.45, 7) is 3.05. The van der Waals surface area contributed by atoms with Gasteiger partial charge in [-0.3, -0.25) is 9.59 Å². The normalized spacial score (nSPS) is 15.7. The van der Waals surface area contributed by atoms with Crippen LogP contribution in [0.4, 0.5) is 0 Å². The van der Waals surface area contributed by atoms with Gasteiger partial charge in [0.15, 0.2) is 0 Å². The van der Waals surface area contributed by atoms with Crippen LogP contribution in [-0.2, 0) is 10.2 Å². The Hall–Kier alpha value is -2.57. The van der Waals surface area contributed by atoms with Crippen LogP contribution in [0.15, 0.2) is 78.9 Å². The summed E-state index contributed by atoms with van der Waals surface area (Å²) in [7, 11) is 1.83. The lowest BCUT2D eigenvalue weighted by Gasteiger charge is -2.42. The summed E-state index contributed by atoms with van der Waals surface area (Å²) >= 11 is 12.5. The average molecular weight is 590 g/mol. The summed E-state index contributed by atoms with van der Waals surface area (Å²) in [6.07, 6.45) is 2.57. The lowest BCUT2D eigenvalue weighted by Crippen LogP contribution is -2.44. The number of aliphatic carboxylic acids is 1. The summed E-state index contributed by atoms with van der Waals surface area (Å²) in [5, 5.41) is 10.7. The number of likely N-dealkylation sites (tertiary alicyclic amines) is 1. The zero-order valence-corrected chi connectivity index (χ0v) is 24.4. The van der Waals surface area contributed by atoms with E-state index in [1.165, 1.54) is 0 Å². The second-order valence-corrected chi connectivity index (χ2v) is 11.1. The molecule has 0 radical (unpaired) electrons. The van der Waals surface area contributed by atoms with Crippen LogP contribution in [0.2, 0.25) is 10.0 Å². The minimum Gasteiger partial charge on any atom is -0.481 e. The van der Waals surface area contributed by atoms with Gasteiger partial charge in [0.25, 0.3) is 5.91 Å². The fraction of sp³-hybridized carbons (Fsp3) is 0.355. The number of rotatable bonds is 10. The minimum atomic E-state index is -0.756. The van der Waals surface area contributed by atoms with Gasteiger partial charge in [0, 0.05) is 30.5 Å². The van der Waals surface area contributed by atoms with E-state index in [1.54, 1.807) is 4.90 Å². The monoisotopic (exact) mass is 588 g/mol. The van der Waals surface area contributed by atoms with Crippen molar-refractivity contribution in [1.29, 1.82) is 0 Å². The van der Waals surface area contributed by atoms with E-state index in [1.807, 2.05) is 73.8 Å². The number of carboxylic acid groups (broad SMARTS) is 1. The molecule has 1 heterocycles. The van der Waals surface area contributed by atoms with E-state index >= 15 is 0 Å². The lowest BCUT2D eigenvalue weighted by atomic mass is 9.70. The highest BCUT2D eigenvalue weighted by Crippen LogP contribution is 2.39. The maximum absolute atomic E-state index is 13.1. The van der Waals surface area contributed by atoms with Gasteiger partial charge in [-0.1, -0.05) is 77.8 Å². The van der Waals surface area contributed by atoms with E-state index < -0.39 is 5.97 Å². The van der Waals surface area contributed by atoms with Crippen LogP contribution in [0.5, 0.6) is 0 Å². The van der Waals surface area contributed by atoms with Crippen LogP contribution in [0.25, 0.3) is 0 Å². The molecule has 8 heteroatoms. The fourth-order valence-corrected chi connectivity index (χ4v) is 5.84. The van der Waals surface area contributed by atoms with Gasteiger partial charge in [-0.15, -0.1) is 12.4 Å². The summed E-state index contributed by atoms with van der Waals surface area (Å²) in [5.41, 5.74) is 2.48. The number of amides is 1. The van der Waals surface area contributed by atoms with Crippen LogP contribution in [0, 0.1) is 0 Å². The number of carbonyl (C=O) groups excluding carboxylic acids is 1. The van der Waals surface area contributed by atoms with Crippen molar-refractivity contribution in [2.75, 3.05) is 33.2 Å². The Bertz CT molecular complexity index is 1230. The molecule has 0 bridgehead atoms. The van der Waals surface area contributed by atoms with E-state index in [-0.39, 0.29) is 36.1 Å². The number of carboxylic acids is 1. The highest BCUT2D eigenvalue weighted by molar-refractivity contribution is 6.42. The van der Waals surface area contributed by atoms with Crippen molar-refractivity contribution >= 4 is 47.5 Å². The molecule has 1 unspecified atom stereocenters. The molecule has 4 rings (SSSR count). The van der Waals surface area contributed by atoms with E-state index in [0.717, 1.165) is 50.0 Å². The molecule has 1 saturated heterocycles. The van der Waals surface area contributed by atoms with Crippen LogP contribution in [0.3, 0.4) is 0 Å². The molecule has 1 aliphatic rings. The SMILES string of the molecule is CN(CC(CCN1CCC(CC(=O)O)(c2ccccc2)CC1)c1ccc(Cl)c(Cl)c1)C(=O)c1ccccc1.Cl. The first-order valence-electron chi connectivity index (χ1n) is 13.0. The topological polar surface area (TPSA) is 60.9 Å². The van der Waals surface area contributed by atoms with Crippen molar-refractivity contribution in [3.05, 3.63) is 106 Å². The first kappa shape index (κ1) is 31.0. The number of benzene rings is 3. The number of piperidine rings is 1. The first-order chi connectivity index (χ1) is 18.3. The molecule has 1 amide bonds. The Kier molecular flexibility index (Phi) is 11.3.